The van der Waals surface area contributed by atoms with Crippen molar-refractivity contribution in [2.45, 2.75) is 6.42 Å². The van der Waals surface area contributed by atoms with Crippen LogP contribution in [0.2, 0.25) is 5.15 Å². The van der Waals surface area contributed by atoms with Gasteiger partial charge in [0.25, 0.3) is 0 Å². The lowest BCUT2D eigenvalue weighted by atomic mass is 10.2. The molecule has 0 bridgehead atoms. The Morgan fingerprint density at radius 3 is 2.65 bits per heavy atom. The van der Waals surface area contributed by atoms with E-state index in [1.54, 1.807) is 53.3 Å². The van der Waals surface area contributed by atoms with Gasteiger partial charge >= 0.3 is 6.03 Å². The normalized spacial score (nSPS) is 13.1. The van der Waals surface area contributed by atoms with Gasteiger partial charge in [0.15, 0.2) is 5.15 Å². The lowest BCUT2D eigenvalue weighted by Gasteiger charge is -2.28. The molecule has 5 rings (SSSR count). The van der Waals surface area contributed by atoms with E-state index in [9.17, 15) is 9.59 Å². The van der Waals surface area contributed by atoms with Gasteiger partial charge in [-0.05, 0) is 42.8 Å². The first kappa shape index (κ1) is 24.0. The number of urea groups is 1. The molecule has 0 unspecified atom stereocenters. The van der Waals surface area contributed by atoms with Crippen LogP contribution in [0.4, 0.5) is 39.3 Å². The van der Waals surface area contributed by atoms with Crippen molar-refractivity contribution in [1.82, 2.24) is 19.7 Å². The number of rotatable bonds is 6. The first-order valence-electron chi connectivity index (χ1n) is 11.4. The van der Waals surface area contributed by atoms with E-state index in [1.807, 2.05) is 30.3 Å². The molecule has 37 heavy (non-hydrogen) atoms. The largest absolute Gasteiger partial charge is 0.334 e. The Balaban J connectivity index is 1.60. The van der Waals surface area contributed by atoms with Crippen LogP contribution in [0.5, 0.6) is 0 Å². The molecule has 0 atom stereocenters. The summed E-state index contributed by atoms with van der Waals surface area (Å²) in [5.41, 5.74) is 3.13. The van der Waals surface area contributed by atoms with Crippen molar-refractivity contribution in [2.75, 3.05) is 27.0 Å². The van der Waals surface area contributed by atoms with Gasteiger partial charge in [-0.25, -0.2) is 14.7 Å². The molecule has 0 saturated heterocycles. The van der Waals surface area contributed by atoms with Gasteiger partial charge in [-0.2, -0.15) is 10.1 Å². The number of para-hydroxylation sites is 1. The second-order valence-corrected chi connectivity index (χ2v) is 8.63. The summed E-state index contributed by atoms with van der Waals surface area (Å²) in [6.07, 6.45) is 5.13. The zero-order valence-electron chi connectivity index (χ0n) is 19.9. The maximum Gasteiger partial charge on any atom is 0.334 e. The van der Waals surface area contributed by atoms with Gasteiger partial charge in [0.1, 0.15) is 5.82 Å². The van der Waals surface area contributed by atoms with Crippen LogP contribution in [0.15, 0.2) is 79.6 Å². The second-order valence-electron chi connectivity index (χ2n) is 8.27. The monoisotopic (exact) mass is 514 g/mol. The molecule has 2 N–H and O–H groups in total. The minimum Gasteiger partial charge on any atom is -0.322 e. The standard InChI is InChI=1S/C26H23ClN8O2/c1-3-22(36)29-18-8-7-11-20(14-18)35-24-17(12-13-34(26(35)37)19-9-5-4-6-10-19)15-28-25(31-24)30-21-16-33(2)32-23(21)27/h3-11,14-16H,1,12-13H2,2H3,(H,29,36)(H,28,30,31). The Morgan fingerprint density at radius 2 is 1.92 bits per heavy atom. The van der Waals surface area contributed by atoms with Crippen LogP contribution in [0.3, 0.4) is 0 Å². The first-order chi connectivity index (χ1) is 17.9. The minimum absolute atomic E-state index is 0.260. The summed E-state index contributed by atoms with van der Waals surface area (Å²) in [6, 6.07) is 16.1. The van der Waals surface area contributed by atoms with E-state index in [0.29, 0.717) is 35.8 Å². The maximum atomic E-state index is 14.1. The van der Waals surface area contributed by atoms with E-state index in [4.69, 9.17) is 16.6 Å². The van der Waals surface area contributed by atoms with Crippen molar-refractivity contribution >= 4 is 58.1 Å². The molecule has 0 aliphatic carbocycles. The zero-order chi connectivity index (χ0) is 25.9. The van der Waals surface area contributed by atoms with Crippen LogP contribution in [-0.2, 0) is 18.3 Å². The van der Waals surface area contributed by atoms with E-state index >= 15 is 0 Å². The van der Waals surface area contributed by atoms with Crippen LogP contribution in [0, 0.1) is 0 Å². The van der Waals surface area contributed by atoms with E-state index < -0.39 is 0 Å². The maximum absolute atomic E-state index is 14.1. The van der Waals surface area contributed by atoms with Crippen LogP contribution >= 0.6 is 11.6 Å². The molecule has 0 spiro atoms. The van der Waals surface area contributed by atoms with Gasteiger partial charge in [0.05, 0.1) is 11.4 Å². The summed E-state index contributed by atoms with van der Waals surface area (Å²) in [7, 11) is 1.76. The SMILES string of the molecule is C=CC(=O)Nc1cccc(N2C(=O)N(c3ccccc3)CCc3cnc(Nc4cn(C)nc4Cl)nc32)c1. The number of nitrogens with zero attached hydrogens (tertiary/aromatic N) is 6. The number of fused-ring (bicyclic) bond motifs is 1. The number of carbonyl (C=O) groups excluding carboxylic acids is 2. The number of anilines is 6. The van der Waals surface area contributed by atoms with Crippen molar-refractivity contribution in [3.63, 3.8) is 0 Å². The highest BCUT2D eigenvalue weighted by atomic mass is 35.5. The Bertz CT molecular complexity index is 1490. The molecule has 2 aromatic carbocycles. The molecule has 11 heteroatoms. The third-order valence-electron chi connectivity index (χ3n) is 5.74. The van der Waals surface area contributed by atoms with E-state index in [-0.39, 0.29) is 23.0 Å². The average Bonchev–Trinajstić information content (AvgIpc) is 3.13. The van der Waals surface area contributed by atoms with Gasteiger partial charge in [-0.15, -0.1) is 0 Å². The number of hydrogen-bond donors (Lipinski definition) is 2. The molecule has 10 nitrogen and oxygen atoms in total. The first-order valence-corrected chi connectivity index (χ1v) is 11.8. The number of aryl methyl sites for hydroxylation is 1. The molecule has 3 heterocycles. The number of benzene rings is 2. The van der Waals surface area contributed by atoms with Gasteiger partial charge in [-0.3, -0.25) is 14.4 Å². The van der Waals surface area contributed by atoms with Crippen molar-refractivity contribution in [3.8, 4) is 0 Å². The molecule has 0 saturated carbocycles. The summed E-state index contributed by atoms with van der Waals surface area (Å²) in [5, 5.41) is 10.2. The fraction of sp³-hybridized carbons (Fsp3) is 0.115. The van der Waals surface area contributed by atoms with E-state index in [0.717, 1.165) is 11.3 Å². The topological polar surface area (TPSA) is 108 Å². The van der Waals surface area contributed by atoms with Crippen molar-refractivity contribution in [1.29, 1.82) is 0 Å². The molecule has 3 amide bonds. The highest BCUT2D eigenvalue weighted by molar-refractivity contribution is 6.32. The van der Waals surface area contributed by atoms with E-state index in [2.05, 4.69) is 27.3 Å². The van der Waals surface area contributed by atoms with Crippen molar-refractivity contribution < 1.29 is 9.59 Å². The van der Waals surface area contributed by atoms with Crippen LogP contribution < -0.4 is 20.4 Å². The smallest absolute Gasteiger partial charge is 0.322 e. The van der Waals surface area contributed by atoms with Gasteiger partial charge in [-0.1, -0.05) is 42.4 Å². The summed E-state index contributed by atoms with van der Waals surface area (Å²) >= 11 is 6.21. The van der Waals surface area contributed by atoms with Gasteiger partial charge < -0.3 is 10.6 Å². The highest BCUT2D eigenvalue weighted by Gasteiger charge is 2.32. The summed E-state index contributed by atoms with van der Waals surface area (Å²) < 4.78 is 1.57. The molecule has 0 radical (unpaired) electrons. The predicted molar refractivity (Wildman–Crippen MR) is 144 cm³/mol. The van der Waals surface area contributed by atoms with Crippen LogP contribution in [0.1, 0.15) is 5.56 Å². The quantitative estimate of drug-likeness (QED) is 0.348. The summed E-state index contributed by atoms with van der Waals surface area (Å²) in [5.74, 6) is 0.330. The number of nitrogens with one attached hydrogen (secondary N) is 2. The summed E-state index contributed by atoms with van der Waals surface area (Å²) in [6.45, 7) is 3.93. The summed E-state index contributed by atoms with van der Waals surface area (Å²) in [4.78, 5) is 38.4. The lowest BCUT2D eigenvalue weighted by molar-refractivity contribution is -0.111. The predicted octanol–water partition coefficient (Wildman–Crippen LogP) is 5.05. The molecular weight excluding hydrogens is 492 g/mol. The average molecular weight is 515 g/mol. The van der Waals surface area contributed by atoms with E-state index in [1.165, 1.54) is 11.0 Å². The number of halogens is 1. The molecule has 4 aromatic rings. The Hall–Kier alpha value is -4.70. The minimum atomic E-state index is -0.354. The second kappa shape index (κ2) is 10.1. The molecule has 186 valence electrons. The van der Waals surface area contributed by atoms with Crippen molar-refractivity contribution in [2.24, 2.45) is 7.05 Å². The number of carbonyl (C=O) groups is 2. The lowest BCUT2D eigenvalue weighted by Crippen LogP contribution is -2.40. The fourth-order valence-electron chi connectivity index (χ4n) is 4.03. The molecule has 2 aromatic heterocycles. The molecule has 1 aliphatic rings. The van der Waals surface area contributed by atoms with Crippen molar-refractivity contribution in [3.05, 3.63) is 90.4 Å². The van der Waals surface area contributed by atoms with Gasteiger partial charge in [0, 0.05) is 42.9 Å². The fourth-order valence-corrected chi connectivity index (χ4v) is 4.24. The number of hydrogen-bond acceptors (Lipinski definition) is 6. The van der Waals surface area contributed by atoms with Crippen LogP contribution in [-0.4, -0.2) is 38.2 Å². The molecule has 0 fully saturated rings. The Kier molecular flexibility index (Phi) is 6.57. The van der Waals surface area contributed by atoms with Crippen LogP contribution in [0.25, 0.3) is 0 Å². The number of amides is 3. The number of aromatic nitrogens is 4. The zero-order valence-corrected chi connectivity index (χ0v) is 20.7. The molecular formula is C26H23ClN8O2. The van der Waals surface area contributed by atoms with Gasteiger partial charge in [0.2, 0.25) is 11.9 Å². The third kappa shape index (κ3) is 5.00. The molecule has 1 aliphatic heterocycles. The Labute approximate surface area is 218 Å². The third-order valence-corrected chi connectivity index (χ3v) is 6.01. The highest BCUT2D eigenvalue weighted by Crippen LogP contribution is 2.35. The Morgan fingerprint density at radius 1 is 1.14 bits per heavy atom.